The molecule has 0 radical (unpaired) electrons. The molecule has 188 valence electrons. The molecule has 0 aliphatic heterocycles. The third kappa shape index (κ3) is 8.96. The van der Waals surface area contributed by atoms with Gasteiger partial charge in [0.15, 0.2) is 0 Å². The Balaban J connectivity index is 1.51. The zero-order valence-electron chi connectivity index (χ0n) is 20.2. The van der Waals surface area contributed by atoms with Crippen molar-refractivity contribution in [2.24, 2.45) is 5.73 Å². The molecule has 5 N–H and O–H groups in total. The maximum atomic E-state index is 13.8. The van der Waals surface area contributed by atoms with Gasteiger partial charge in [0.2, 0.25) is 5.91 Å². The number of unbranched alkanes of at least 4 members (excludes halogenated alkanes) is 3. The average Bonchev–Trinajstić information content (AvgIpc) is 2.90. The van der Waals surface area contributed by atoms with Crippen LogP contribution in [0.1, 0.15) is 47.2 Å². The molecule has 7 nitrogen and oxygen atoms in total. The van der Waals surface area contributed by atoms with E-state index in [-0.39, 0.29) is 17.6 Å². The maximum Gasteiger partial charge on any atom is 0.255 e. The van der Waals surface area contributed by atoms with E-state index in [4.69, 9.17) is 5.73 Å². The lowest BCUT2D eigenvalue weighted by atomic mass is 10.1. The number of carbonyl (C=O) groups excluding carboxylic acids is 2. The van der Waals surface area contributed by atoms with E-state index in [0.29, 0.717) is 36.6 Å². The van der Waals surface area contributed by atoms with Gasteiger partial charge in [0, 0.05) is 37.1 Å². The summed E-state index contributed by atoms with van der Waals surface area (Å²) in [6.07, 6.45) is 10.5. The standard InChI is InChI=1S/C28H32FN5O2/c29-24-12-13-25(26(18-24)32-17-4-2-1-3-15-30)34-28(36)23-10-7-22(8-11-23)20-33-27(35)14-9-21-6-5-16-31-19-21/h5-14,16,18-19,32H,1-4,15,17,20,30H2,(H,33,35)(H,34,36)/b14-9+. The van der Waals surface area contributed by atoms with Gasteiger partial charge in [-0.15, -0.1) is 0 Å². The summed E-state index contributed by atoms with van der Waals surface area (Å²) in [5, 5.41) is 8.87. The van der Waals surface area contributed by atoms with Crippen molar-refractivity contribution in [3.8, 4) is 0 Å². The Morgan fingerprint density at radius 1 is 0.972 bits per heavy atom. The quantitative estimate of drug-likeness (QED) is 0.205. The van der Waals surface area contributed by atoms with Crippen LogP contribution in [0.4, 0.5) is 15.8 Å². The van der Waals surface area contributed by atoms with Crippen LogP contribution in [0.2, 0.25) is 0 Å². The highest BCUT2D eigenvalue weighted by Crippen LogP contribution is 2.24. The Bertz CT molecular complexity index is 1150. The average molecular weight is 490 g/mol. The topological polar surface area (TPSA) is 109 Å². The highest BCUT2D eigenvalue weighted by molar-refractivity contribution is 6.05. The smallest absolute Gasteiger partial charge is 0.255 e. The summed E-state index contributed by atoms with van der Waals surface area (Å²) in [6, 6.07) is 14.8. The van der Waals surface area contributed by atoms with Gasteiger partial charge in [0.25, 0.3) is 5.91 Å². The van der Waals surface area contributed by atoms with Crippen molar-refractivity contribution in [1.82, 2.24) is 10.3 Å². The number of anilines is 2. The first-order valence-corrected chi connectivity index (χ1v) is 12.0. The first-order chi connectivity index (χ1) is 17.5. The summed E-state index contributed by atoms with van der Waals surface area (Å²) in [6.45, 7) is 1.69. The van der Waals surface area contributed by atoms with Crippen molar-refractivity contribution in [2.75, 3.05) is 23.7 Å². The molecule has 3 aromatic rings. The summed E-state index contributed by atoms with van der Waals surface area (Å²) in [7, 11) is 0. The fourth-order valence-electron chi connectivity index (χ4n) is 3.48. The van der Waals surface area contributed by atoms with Gasteiger partial charge in [-0.1, -0.05) is 31.0 Å². The largest absolute Gasteiger partial charge is 0.383 e. The first kappa shape index (κ1) is 26.6. The van der Waals surface area contributed by atoms with Gasteiger partial charge in [0.05, 0.1) is 11.4 Å². The minimum absolute atomic E-state index is 0.226. The minimum Gasteiger partial charge on any atom is -0.383 e. The molecule has 0 unspecified atom stereocenters. The predicted molar refractivity (Wildman–Crippen MR) is 142 cm³/mol. The Morgan fingerprint density at radius 3 is 2.53 bits per heavy atom. The Morgan fingerprint density at radius 2 is 1.78 bits per heavy atom. The van der Waals surface area contributed by atoms with Gasteiger partial charge in [-0.2, -0.15) is 0 Å². The van der Waals surface area contributed by atoms with Crippen molar-refractivity contribution in [3.63, 3.8) is 0 Å². The molecule has 0 bridgehead atoms. The van der Waals surface area contributed by atoms with E-state index in [0.717, 1.165) is 36.8 Å². The van der Waals surface area contributed by atoms with Crippen LogP contribution in [0.15, 0.2) is 73.1 Å². The second-order valence-corrected chi connectivity index (χ2v) is 8.31. The van der Waals surface area contributed by atoms with Crippen molar-refractivity contribution in [3.05, 3.63) is 95.6 Å². The van der Waals surface area contributed by atoms with Gasteiger partial charge in [-0.25, -0.2) is 4.39 Å². The molecule has 1 heterocycles. The molecule has 0 fully saturated rings. The van der Waals surface area contributed by atoms with E-state index < -0.39 is 0 Å². The zero-order valence-corrected chi connectivity index (χ0v) is 20.2. The summed E-state index contributed by atoms with van der Waals surface area (Å²) in [4.78, 5) is 28.8. The van der Waals surface area contributed by atoms with Gasteiger partial charge < -0.3 is 21.7 Å². The zero-order chi connectivity index (χ0) is 25.6. The lowest BCUT2D eigenvalue weighted by Crippen LogP contribution is -2.20. The van der Waals surface area contributed by atoms with Gasteiger partial charge >= 0.3 is 0 Å². The number of hydrogen-bond acceptors (Lipinski definition) is 5. The number of aromatic nitrogens is 1. The normalized spacial score (nSPS) is 10.8. The van der Waals surface area contributed by atoms with E-state index in [1.54, 1.807) is 54.9 Å². The SMILES string of the molecule is NCCCCCCNc1cc(F)ccc1NC(=O)c1ccc(CNC(=O)/C=C/c2cccnc2)cc1. The summed E-state index contributed by atoms with van der Waals surface area (Å²) in [5.74, 6) is -0.903. The lowest BCUT2D eigenvalue weighted by molar-refractivity contribution is -0.116. The fraction of sp³-hybridized carbons (Fsp3) is 0.250. The molecule has 36 heavy (non-hydrogen) atoms. The number of pyridine rings is 1. The van der Waals surface area contributed by atoms with Crippen LogP contribution in [0.25, 0.3) is 6.08 Å². The van der Waals surface area contributed by atoms with Crippen molar-refractivity contribution in [1.29, 1.82) is 0 Å². The predicted octanol–water partition coefficient (Wildman–Crippen LogP) is 4.73. The van der Waals surface area contributed by atoms with E-state index in [9.17, 15) is 14.0 Å². The third-order valence-corrected chi connectivity index (χ3v) is 5.47. The molecule has 0 spiro atoms. The van der Waals surface area contributed by atoms with E-state index >= 15 is 0 Å². The van der Waals surface area contributed by atoms with E-state index in [1.807, 2.05) is 6.07 Å². The lowest BCUT2D eigenvalue weighted by Gasteiger charge is -2.14. The van der Waals surface area contributed by atoms with Crippen LogP contribution in [0.5, 0.6) is 0 Å². The molecular weight excluding hydrogens is 457 g/mol. The van der Waals surface area contributed by atoms with Crippen molar-refractivity contribution < 1.29 is 14.0 Å². The van der Waals surface area contributed by atoms with Crippen LogP contribution in [0.3, 0.4) is 0 Å². The van der Waals surface area contributed by atoms with Crippen LogP contribution in [-0.2, 0) is 11.3 Å². The molecule has 0 atom stereocenters. The highest BCUT2D eigenvalue weighted by atomic mass is 19.1. The number of carbonyl (C=O) groups is 2. The number of hydrogen-bond donors (Lipinski definition) is 4. The van der Waals surface area contributed by atoms with Crippen LogP contribution in [0, 0.1) is 5.82 Å². The number of rotatable bonds is 13. The van der Waals surface area contributed by atoms with Crippen molar-refractivity contribution in [2.45, 2.75) is 32.2 Å². The highest BCUT2D eigenvalue weighted by Gasteiger charge is 2.10. The molecule has 2 amide bonds. The summed E-state index contributed by atoms with van der Waals surface area (Å²) < 4.78 is 13.8. The van der Waals surface area contributed by atoms with Gasteiger partial charge in [-0.3, -0.25) is 14.6 Å². The number of halogens is 1. The maximum absolute atomic E-state index is 13.8. The Kier molecular flexibility index (Phi) is 10.6. The number of nitrogens with one attached hydrogen (secondary N) is 3. The molecular formula is C28H32FN5O2. The molecule has 1 aromatic heterocycles. The second kappa shape index (κ2) is 14.4. The number of amides is 2. The summed E-state index contributed by atoms with van der Waals surface area (Å²) in [5.41, 5.74) is 8.72. The van der Waals surface area contributed by atoms with Gasteiger partial charge in [-0.05, 0) is 73.0 Å². The van der Waals surface area contributed by atoms with Gasteiger partial charge in [0.1, 0.15) is 5.82 Å². The van der Waals surface area contributed by atoms with Crippen LogP contribution < -0.4 is 21.7 Å². The molecule has 0 saturated carbocycles. The Labute approximate surface area is 211 Å². The van der Waals surface area contributed by atoms with Crippen LogP contribution in [-0.4, -0.2) is 29.9 Å². The minimum atomic E-state index is -0.375. The summed E-state index contributed by atoms with van der Waals surface area (Å²) >= 11 is 0. The third-order valence-electron chi connectivity index (χ3n) is 5.47. The van der Waals surface area contributed by atoms with Crippen molar-refractivity contribution >= 4 is 29.3 Å². The molecule has 8 heteroatoms. The fourth-order valence-corrected chi connectivity index (χ4v) is 3.48. The number of benzene rings is 2. The second-order valence-electron chi connectivity index (χ2n) is 8.31. The monoisotopic (exact) mass is 489 g/mol. The molecule has 3 rings (SSSR count). The molecule has 0 aliphatic carbocycles. The van der Waals surface area contributed by atoms with Crippen LogP contribution >= 0.6 is 0 Å². The van der Waals surface area contributed by atoms with E-state index in [2.05, 4.69) is 20.9 Å². The Hall–Kier alpha value is -4.04. The molecule has 2 aromatic carbocycles. The molecule has 0 aliphatic rings. The van der Waals surface area contributed by atoms with E-state index in [1.165, 1.54) is 18.2 Å². The number of nitrogens with two attached hydrogens (primary N) is 1. The first-order valence-electron chi connectivity index (χ1n) is 12.0. The molecule has 0 saturated heterocycles. The number of nitrogens with zero attached hydrogens (tertiary/aromatic N) is 1.